The largest absolute Gasteiger partial charge is 0.388 e. The molecular weight excluding hydrogens is 347 g/mol. The SMILES string of the molecule is CCNC(=NCC1(O)CCOCC1)NC1CCCN(c2cccc(F)c2)C1. The van der Waals surface area contributed by atoms with Gasteiger partial charge in [0.05, 0.1) is 12.1 Å². The molecule has 6 nitrogen and oxygen atoms in total. The number of nitrogens with one attached hydrogen (secondary N) is 2. The minimum absolute atomic E-state index is 0.206. The Morgan fingerprint density at radius 1 is 1.41 bits per heavy atom. The summed E-state index contributed by atoms with van der Waals surface area (Å²) >= 11 is 0. The van der Waals surface area contributed by atoms with Crippen LogP contribution >= 0.6 is 0 Å². The van der Waals surface area contributed by atoms with Gasteiger partial charge in [-0.3, -0.25) is 4.99 Å². The number of benzene rings is 1. The Kier molecular flexibility index (Phi) is 6.90. The Morgan fingerprint density at radius 2 is 2.22 bits per heavy atom. The highest BCUT2D eigenvalue weighted by Crippen LogP contribution is 2.22. The van der Waals surface area contributed by atoms with E-state index >= 15 is 0 Å². The number of piperidine rings is 1. The van der Waals surface area contributed by atoms with Crippen molar-refractivity contribution in [3.05, 3.63) is 30.1 Å². The van der Waals surface area contributed by atoms with Gasteiger partial charge in [-0.05, 0) is 38.0 Å². The fourth-order valence-corrected chi connectivity index (χ4v) is 3.65. The van der Waals surface area contributed by atoms with Gasteiger partial charge in [0.15, 0.2) is 5.96 Å². The molecule has 27 heavy (non-hydrogen) atoms. The second-order valence-corrected chi connectivity index (χ2v) is 7.44. The zero-order chi connectivity index (χ0) is 19.1. The van der Waals surface area contributed by atoms with Crippen LogP contribution in [0, 0.1) is 5.82 Å². The third-order valence-corrected chi connectivity index (χ3v) is 5.23. The molecular formula is C20H31FN4O2. The molecule has 0 amide bonds. The molecule has 0 saturated carbocycles. The van der Waals surface area contributed by atoms with Crippen LogP contribution in [0.25, 0.3) is 0 Å². The van der Waals surface area contributed by atoms with Gasteiger partial charge in [0.2, 0.25) is 0 Å². The predicted octanol–water partition coefficient (Wildman–Crippen LogP) is 1.89. The van der Waals surface area contributed by atoms with E-state index in [2.05, 4.69) is 20.5 Å². The van der Waals surface area contributed by atoms with Gasteiger partial charge in [-0.15, -0.1) is 0 Å². The van der Waals surface area contributed by atoms with Gasteiger partial charge >= 0.3 is 0 Å². The molecule has 3 N–H and O–H groups in total. The number of hydrogen-bond acceptors (Lipinski definition) is 4. The van der Waals surface area contributed by atoms with Crippen molar-refractivity contribution in [2.45, 2.75) is 44.2 Å². The zero-order valence-electron chi connectivity index (χ0n) is 16.1. The van der Waals surface area contributed by atoms with E-state index in [0.717, 1.165) is 44.1 Å². The summed E-state index contributed by atoms with van der Waals surface area (Å²) in [5, 5.41) is 17.4. The van der Waals surface area contributed by atoms with Crippen molar-refractivity contribution >= 4 is 11.6 Å². The van der Waals surface area contributed by atoms with Crippen LogP contribution in [-0.4, -0.2) is 62.1 Å². The molecule has 1 aromatic rings. The summed E-state index contributed by atoms with van der Waals surface area (Å²) in [7, 11) is 0. The van der Waals surface area contributed by atoms with Gasteiger partial charge < -0.3 is 25.4 Å². The molecule has 2 saturated heterocycles. The van der Waals surface area contributed by atoms with Crippen molar-refractivity contribution in [2.24, 2.45) is 4.99 Å². The van der Waals surface area contributed by atoms with Crippen molar-refractivity contribution in [1.29, 1.82) is 0 Å². The van der Waals surface area contributed by atoms with Crippen LogP contribution in [0.2, 0.25) is 0 Å². The van der Waals surface area contributed by atoms with Gasteiger partial charge in [-0.1, -0.05) is 6.07 Å². The summed E-state index contributed by atoms with van der Waals surface area (Å²) in [6.45, 7) is 6.05. The molecule has 2 aliphatic heterocycles. The van der Waals surface area contributed by atoms with E-state index < -0.39 is 5.60 Å². The minimum atomic E-state index is -0.777. The van der Waals surface area contributed by atoms with Gasteiger partial charge in [0, 0.05) is 57.4 Å². The first-order valence-electron chi connectivity index (χ1n) is 9.93. The Bertz CT molecular complexity index is 634. The zero-order valence-corrected chi connectivity index (χ0v) is 16.1. The van der Waals surface area contributed by atoms with Crippen LogP contribution < -0.4 is 15.5 Å². The second kappa shape index (κ2) is 9.37. The highest BCUT2D eigenvalue weighted by Gasteiger charge is 2.30. The normalized spacial score (nSPS) is 23.1. The number of aliphatic imine (C=N–C) groups is 1. The molecule has 0 aliphatic carbocycles. The van der Waals surface area contributed by atoms with Crippen LogP contribution in [0.15, 0.2) is 29.3 Å². The summed E-state index contributed by atoms with van der Waals surface area (Å²) in [5.41, 5.74) is 0.140. The number of aliphatic hydroxyl groups is 1. The third kappa shape index (κ3) is 5.81. The van der Waals surface area contributed by atoms with Crippen molar-refractivity contribution in [3.8, 4) is 0 Å². The molecule has 150 valence electrons. The maximum absolute atomic E-state index is 13.5. The lowest BCUT2D eigenvalue weighted by atomic mass is 9.95. The van der Waals surface area contributed by atoms with Crippen molar-refractivity contribution < 1.29 is 14.2 Å². The summed E-state index contributed by atoms with van der Waals surface area (Å²) in [4.78, 5) is 6.83. The lowest BCUT2D eigenvalue weighted by molar-refractivity contribution is -0.0566. The Hall–Kier alpha value is -1.86. The molecule has 1 unspecified atom stereocenters. The summed E-state index contributed by atoms with van der Waals surface area (Å²) in [5.74, 6) is 0.519. The van der Waals surface area contributed by atoms with E-state index in [9.17, 15) is 9.50 Å². The highest BCUT2D eigenvalue weighted by atomic mass is 19.1. The van der Waals surface area contributed by atoms with Crippen LogP contribution in [-0.2, 0) is 4.74 Å². The first-order valence-corrected chi connectivity index (χ1v) is 9.93. The smallest absolute Gasteiger partial charge is 0.191 e. The topological polar surface area (TPSA) is 69.1 Å². The average molecular weight is 378 g/mol. The van der Waals surface area contributed by atoms with Crippen LogP contribution in [0.3, 0.4) is 0 Å². The van der Waals surface area contributed by atoms with E-state index in [-0.39, 0.29) is 11.9 Å². The summed E-state index contributed by atoms with van der Waals surface area (Å²) in [6, 6.07) is 6.99. The number of nitrogens with zero attached hydrogens (tertiary/aromatic N) is 2. The summed E-state index contributed by atoms with van der Waals surface area (Å²) in [6.07, 6.45) is 3.31. The lowest BCUT2D eigenvalue weighted by Crippen LogP contribution is -2.52. The maximum Gasteiger partial charge on any atom is 0.191 e. The molecule has 7 heteroatoms. The lowest BCUT2D eigenvalue weighted by Gasteiger charge is -2.36. The van der Waals surface area contributed by atoms with Crippen molar-refractivity contribution in [2.75, 3.05) is 44.3 Å². The number of ether oxygens (including phenoxy) is 1. The molecule has 2 fully saturated rings. The summed E-state index contributed by atoms with van der Waals surface area (Å²) < 4.78 is 18.9. The van der Waals surface area contributed by atoms with E-state index in [1.807, 2.05) is 13.0 Å². The Balaban J connectivity index is 1.60. The Morgan fingerprint density at radius 3 is 2.96 bits per heavy atom. The molecule has 0 spiro atoms. The molecule has 0 bridgehead atoms. The molecule has 1 atom stereocenters. The maximum atomic E-state index is 13.5. The number of hydrogen-bond donors (Lipinski definition) is 3. The van der Waals surface area contributed by atoms with Crippen LogP contribution in [0.1, 0.15) is 32.6 Å². The molecule has 2 aliphatic rings. The highest BCUT2D eigenvalue weighted by molar-refractivity contribution is 5.80. The number of rotatable bonds is 5. The molecule has 1 aromatic carbocycles. The van der Waals surface area contributed by atoms with E-state index in [0.29, 0.717) is 32.6 Å². The number of halogens is 1. The van der Waals surface area contributed by atoms with Crippen molar-refractivity contribution in [3.63, 3.8) is 0 Å². The van der Waals surface area contributed by atoms with E-state index in [1.165, 1.54) is 6.07 Å². The predicted molar refractivity (Wildman–Crippen MR) is 106 cm³/mol. The van der Waals surface area contributed by atoms with Gasteiger partial charge in [-0.25, -0.2) is 4.39 Å². The first kappa shape index (κ1) is 19.9. The monoisotopic (exact) mass is 378 g/mol. The van der Waals surface area contributed by atoms with E-state index in [1.54, 1.807) is 12.1 Å². The average Bonchev–Trinajstić information content (AvgIpc) is 2.67. The first-order chi connectivity index (χ1) is 13.1. The van der Waals surface area contributed by atoms with E-state index in [4.69, 9.17) is 4.74 Å². The molecule has 2 heterocycles. The Labute approximate surface area is 160 Å². The minimum Gasteiger partial charge on any atom is -0.388 e. The quantitative estimate of drug-likeness (QED) is 0.539. The fourth-order valence-electron chi connectivity index (χ4n) is 3.65. The van der Waals surface area contributed by atoms with Gasteiger partial charge in [0.25, 0.3) is 0 Å². The second-order valence-electron chi connectivity index (χ2n) is 7.44. The van der Waals surface area contributed by atoms with Crippen LogP contribution in [0.4, 0.5) is 10.1 Å². The number of guanidine groups is 1. The van der Waals surface area contributed by atoms with Gasteiger partial charge in [0.1, 0.15) is 5.82 Å². The molecule has 0 aromatic heterocycles. The molecule has 3 rings (SSSR count). The third-order valence-electron chi connectivity index (χ3n) is 5.23. The standard InChI is InChI=1S/C20H31FN4O2/c1-2-22-19(23-15-20(26)8-11-27-12-9-20)24-17-6-4-10-25(14-17)18-7-3-5-16(21)13-18/h3,5,7,13,17,26H,2,4,6,8-12,14-15H2,1H3,(H2,22,23,24). The number of anilines is 1. The fraction of sp³-hybridized carbons (Fsp3) is 0.650. The van der Waals surface area contributed by atoms with Crippen LogP contribution in [0.5, 0.6) is 0 Å². The van der Waals surface area contributed by atoms with Gasteiger partial charge in [-0.2, -0.15) is 0 Å². The molecule has 0 radical (unpaired) electrons. The van der Waals surface area contributed by atoms with Crippen molar-refractivity contribution in [1.82, 2.24) is 10.6 Å².